The zero-order valence-corrected chi connectivity index (χ0v) is 33.3. The molecule has 9 heteroatoms. The Labute approximate surface area is 288 Å². The maximum Gasteiger partial charge on any atom is 0.417 e. The molecule has 2 amide bonds. The van der Waals surface area contributed by atoms with Crippen LogP contribution in [0.3, 0.4) is 0 Å². The molecule has 6 atom stereocenters. The number of nitrogens with zero attached hydrogens (tertiary/aromatic N) is 1. The van der Waals surface area contributed by atoms with E-state index in [1.54, 1.807) is 26.8 Å². The number of hydrogen-bond acceptors (Lipinski definition) is 6. The standard InChI is InChI=1S/C38H65NO6Si2/c1-12-13-14-15-16-17-21-24-31-32(44-31)26-25-30(40)33-34(46(8,9)28-22-19-18-20-23-28)29(27-43-47(10,11)38(5,6)7)39(35(33)41)36(42)45-37(2,3)4/h18-20,22-23,25-26,29-34,40H,12-17,21,24,27H2,1-11H3/b26-25+/t29-,30-,31-,32-,33+,34-/m1/s1. The number of carbonyl (C=O) groups is 2. The summed E-state index contributed by atoms with van der Waals surface area (Å²) in [6, 6.07) is 9.70. The largest absolute Gasteiger partial charge is 0.443 e. The Balaban J connectivity index is 1.89. The summed E-state index contributed by atoms with van der Waals surface area (Å²) >= 11 is 0. The third-order valence-corrected chi connectivity index (χ3v) is 19.3. The maximum atomic E-state index is 14.5. The number of imide groups is 1. The normalized spacial score (nSPS) is 24.6. The number of hydrogen-bond donors (Lipinski definition) is 1. The molecule has 1 aromatic carbocycles. The number of aliphatic hydroxyl groups is 1. The minimum atomic E-state index is -2.51. The summed E-state index contributed by atoms with van der Waals surface area (Å²) < 4.78 is 18.5. The topological polar surface area (TPSA) is 88.6 Å². The molecule has 2 saturated heterocycles. The Morgan fingerprint density at radius 2 is 1.57 bits per heavy atom. The molecule has 0 unspecified atom stereocenters. The molecule has 1 N–H and O–H groups in total. The molecular formula is C38H65NO6Si2. The van der Waals surface area contributed by atoms with E-state index >= 15 is 0 Å². The van der Waals surface area contributed by atoms with Gasteiger partial charge in [-0.1, -0.05) is 133 Å². The number of amides is 2. The number of epoxide rings is 1. The summed E-state index contributed by atoms with van der Waals surface area (Å²) in [4.78, 5) is 29.6. The molecule has 3 rings (SSSR count). The highest BCUT2D eigenvalue weighted by Crippen LogP contribution is 2.47. The highest BCUT2D eigenvalue weighted by Gasteiger charge is 2.60. The van der Waals surface area contributed by atoms with Crippen LogP contribution in [0.5, 0.6) is 0 Å². The lowest BCUT2D eigenvalue weighted by Crippen LogP contribution is -2.55. The predicted molar refractivity (Wildman–Crippen MR) is 197 cm³/mol. The van der Waals surface area contributed by atoms with Gasteiger partial charge in [0, 0.05) is 0 Å². The quantitative estimate of drug-likeness (QED) is 0.0811. The van der Waals surface area contributed by atoms with Crippen LogP contribution in [-0.4, -0.2) is 75.0 Å². The van der Waals surface area contributed by atoms with E-state index in [9.17, 15) is 14.7 Å². The van der Waals surface area contributed by atoms with Crippen LogP contribution in [-0.2, 0) is 18.7 Å². The van der Waals surface area contributed by atoms with Gasteiger partial charge in [0.2, 0.25) is 5.91 Å². The maximum absolute atomic E-state index is 14.5. The van der Waals surface area contributed by atoms with Gasteiger partial charge in [-0.25, -0.2) is 9.69 Å². The monoisotopic (exact) mass is 687 g/mol. The Kier molecular flexibility index (Phi) is 13.7. The average molecular weight is 688 g/mol. The number of carbonyl (C=O) groups excluding carboxylic acids is 2. The first-order valence-corrected chi connectivity index (χ1v) is 24.1. The lowest BCUT2D eigenvalue weighted by molar-refractivity contribution is -0.133. The van der Waals surface area contributed by atoms with Crippen LogP contribution in [0.15, 0.2) is 42.5 Å². The number of likely N-dealkylation sites (tertiary alicyclic amines) is 1. The third-order valence-electron chi connectivity index (χ3n) is 10.6. The molecule has 7 nitrogen and oxygen atoms in total. The molecule has 0 bridgehead atoms. The number of ether oxygens (including phenoxy) is 2. The van der Waals surface area contributed by atoms with Crippen molar-refractivity contribution in [3.63, 3.8) is 0 Å². The molecule has 2 fully saturated rings. The van der Waals surface area contributed by atoms with Gasteiger partial charge in [-0.15, -0.1) is 0 Å². The molecule has 0 radical (unpaired) electrons. The van der Waals surface area contributed by atoms with Gasteiger partial charge in [-0.2, -0.15) is 0 Å². The van der Waals surface area contributed by atoms with Crippen LogP contribution in [0.4, 0.5) is 4.79 Å². The van der Waals surface area contributed by atoms with E-state index in [4.69, 9.17) is 13.9 Å². The Bertz CT molecular complexity index is 1190. The van der Waals surface area contributed by atoms with Crippen LogP contribution < -0.4 is 5.19 Å². The van der Waals surface area contributed by atoms with Gasteiger partial charge in [-0.3, -0.25) is 4.79 Å². The highest BCUT2D eigenvalue weighted by molar-refractivity contribution is 6.91. The summed E-state index contributed by atoms with van der Waals surface area (Å²) in [5.74, 6) is -1.20. The number of aliphatic hydroxyl groups excluding tert-OH is 1. The smallest absolute Gasteiger partial charge is 0.417 e. The summed E-state index contributed by atoms with van der Waals surface area (Å²) in [6.45, 7) is 23.3. The Hall–Kier alpha value is -1.79. The molecule has 266 valence electrons. The Morgan fingerprint density at radius 1 is 0.979 bits per heavy atom. The summed E-state index contributed by atoms with van der Waals surface area (Å²) in [7, 11) is -4.76. The zero-order valence-electron chi connectivity index (χ0n) is 31.3. The van der Waals surface area contributed by atoms with Gasteiger partial charge in [0.1, 0.15) is 11.7 Å². The fourth-order valence-corrected chi connectivity index (χ4v) is 11.6. The lowest BCUT2D eigenvalue weighted by Gasteiger charge is -2.41. The molecule has 0 spiro atoms. The summed E-state index contributed by atoms with van der Waals surface area (Å²) in [5.41, 5.74) is -1.09. The van der Waals surface area contributed by atoms with Crippen molar-refractivity contribution in [1.29, 1.82) is 0 Å². The van der Waals surface area contributed by atoms with Crippen LogP contribution in [0, 0.1) is 5.92 Å². The van der Waals surface area contributed by atoms with E-state index < -0.39 is 52.1 Å². The van der Waals surface area contributed by atoms with Gasteiger partial charge >= 0.3 is 6.09 Å². The Morgan fingerprint density at radius 3 is 2.15 bits per heavy atom. The van der Waals surface area contributed by atoms with Crippen LogP contribution in [0.25, 0.3) is 0 Å². The molecule has 2 heterocycles. The summed E-state index contributed by atoms with van der Waals surface area (Å²) in [5, 5.41) is 13.0. The fourth-order valence-electron chi connectivity index (χ4n) is 6.65. The van der Waals surface area contributed by atoms with E-state index in [1.165, 1.54) is 48.6 Å². The van der Waals surface area contributed by atoms with Crippen LogP contribution in [0.2, 0.25) is 36.8 Å². The SMILES string of the molecule is CCCCCCCCC[C@H]1O[C@@H]1/C=C/[C@@H](O)[C@@H]1C(=O)N(C(=O)OC(C)(C)C)[C@H](CO[Si](C)(C)C(C)(C)C)[C@H]1[Si](C)(C)c1ccccc1. The second-order valence-corrected chi connectivity index (χ2v) is 26.4. The lowest BCUT2D eigenvalue weighted by atomic mass is 9.96. The minimum absolute atomic E-state index is 0.0428. The molecule has 0 aromatic heterocycles. The number of rotatable bonds is 16. The van der Waals surface area contributed by atoms with Crippen LogP contribution in [0.1, 0.15) is 99.8 Å². The summed E-state index contributed by atoms with van der Waals surface area (Å²) in [6.07, 6.45) is 11.9. The van der Waals surface area contributed by atoms with E-state index in [2.05, 4.69) is 66.0 Å². The third kappa shape index (κ3) is 10.6. The predicted octanol–water partition coefficient (Wildman–Crippen LogP) is 8.58. The second-order valence-electron chi connectivity index (χ2n) is 16.9. The molecule has 47 heavy (non-hydrogen) atoms. The molecule has 2 aliphatic rings. The van der Waals surface area contributed by atoms with Crippen molar-refractivity contribution in [2.24, 2.45) is 5.92 Å². The van der Waals surface area contributed by atoms with Crippen molar-refractivity contribution in [1.82, 2.24) is 4.90 Å². The van der Waals surface area contributed by atoms with Crippen molar-refractivity contribution >= 4 is 33.6 Å². The van der Waals surface area contributed by atoms with E-state index in [0.29, 0.717) is 0 Å². The molecule has 2 aliphatic heterocycles. The van der Waals surface area contributed by atoms with Gasteiger partial charge in [0.05, 0.1) is 38.8 Å². The minimum Gasteiger partial charge on any atom is -0.443 e. The van der Waals surface area contributed by atoms with Crippen LogP contribution >= 0.6 is 0 Å². The average Bonchev–Trinajstić information content (AvgIpc) is 3.65. The van der Waals surface area contributed by atoms with Crippen molar-refractivity contribution in [2.45, 2.75) is 167 Å². The van der Waals surface area contributed by atoms with Crippen molar-refractivity contribution in [3.05, 3.63) is 42.5 Å². The highest BCUT2D eigenvalue weighted by atomic mass is 28.4. The number of unbranched alkanes of at least 4 members (excludes halogenated alkanes) is 6. The first-order chi connectivity index (χ1) is 21.8. The molecule has 1 aromatic rings. The van der Waals surface area contributed by atoms with Gasteiger partial charge in [-0.05, 0) is 50.9 Å². The van der Waals surface area contributed by atoms with Crippen molar-refractivity contribution < 1.29 is 28.6 Å². The van der Waals surface area contributed by atoms with E-state index in [0.717, 1.165) is 12.8 Å². The van der Waals surface area contributed by atoms with Gasteiger partial charge in [0.15, 0.2) is 8.32 Å². The van der Waals surface area contributed by atoms with E-state index in [-0.39, 0.29) is 29.4 Å². The van der Waals surface area contributed by atoms with Gasteiger partial charge < -0.3 is 19.0 Å². The number of benzene rings is 1. The molecule has 0 saturated carbocycles. The van der Waals surface area contributed by atoms with Crippen molar-refractivity contribution in [2.75, 3.05) is 6.61 Å². The first kappa shape index (κ1) is 39.7. The molecular weight excluding hydrogens is 623 g/mol. The second kappa shape index (κ2) is 16.3. The molecule has 0 aliphatic carbocycles. The van der Waals surface area contributed by atoms with Gasteiger partial charge in [0.25, 0.3) is 0 Å². The zero-order chi connectivity index (χ0) is 35.2. The van der Waals surface area contributed by atoms with Crippen molar-refractivity contribution in [3.8, 4) is 0 Å². The van der Waals surface area contributed by atoms with E-state index in [1.807, 2.05) is 24.3 Å². The first-order valence-electron chi connectivity index (χ1n) is 18.1. The fraction of sp³-hybridized carbons (Fsp3) is 0.737.